The van der Waals surface area contributed by atoms with Crippen LogP contribution in [-0.2, 0) is 11.3 Å². The van der Waals surface area contributed by atoms with Gasteiger partial charge in [0, 0.05) is 12.1 Å². The Kier molecular flexibility index (Phi) is 5.01. The number of hydrogen-bond acceptors (Lipinski definition) is 5. The minimum absolute atomic E-state index is 0.324. The predicted molar refractivity (Wildman–Crippen MR) is 97.2 cm³/mol. The van der Waals surface area contributed by atoms with Gasteiger partial charge < -0.3 is 4.74 Å². The van der Waals surface area contributed by atoms with Crippen LogP contribution >= 0.6 is 11.3 Å². The van der Waals surface area contributed by atoms with Crippen LogP contribution in [0.1, 0.15) is 49.0 Å². The molecule has 2 heterocycles. The highest BCUT2D eigenvalue weighted by Crippen LogP contribution is 2.31. The fourth-order valence-corrected chi connectivity index (χ4v) is 3.89. The van der Waals surface area contributed by atoms with Crippen molar-refractivity contribution in [2.45, 2.75) is 45.8 Å². The molecule has 0 radical (unpaired) electrons. The summed E-state index contributed by atoms with van der Waals surface area (Å²) in [6.45, 7) is 8.61. The summed E-state index contributed by atoms with van der Waals surface area (Å²) in [5, 5.41) is 0.880. The number of thiazole rings is 1. The molecule has 128 valence electrons. The monoisotopic (exact) mass is 344 g/mol. The highest BCUT2D eigenvalue weighted by Gasteiger charge is 2.26. The summed E-state index contributed by atoms with van der Waals surface area (Å²) in [5.74, 6) is -0.324. The predicted octanol–water partition coefficient (Wildman–Crippen LogP) is 4.36. The van der Waals surface area contributed by atoms with Crippen LogP contribution in [0.25, 0.3) is 10.6 Å². The van der Waals surface area contributed by atoms with E-state index >= 15 is 0 Å². The Labute approximate surface area is 147 Å². The summed E-state index contributed by atoms with van der Waals surface area (Å²) in [5.41, 5.74) is 0.999. The molecule has 0 bridgehead atoms. The molecule has 1 aliphatic heterocycles. The Balaban J connectivity index is 1.91. The van der Waals surface area contributed by atoms with E-state index < -0.39 is 5.60 Å². The molecule has 3 rings (SSSR count). The number of carbonyl (C=O) groups excluding carboxylic acids is 1. The smallest absolute Gasteiger partial charge is 0.358 e. The van der Waals surface area contributed by atoms with E-state index in [1.165, 1.54) is 12.8 Å². The van der Waals surface area contributed by atoms with Crippen LogP contribution in [0.15, 0.2) is 30.3 Å². The molecule has 0 N–H and O–H groups in total. The zero-order valence-electron chi connectivity index (χ0n) is 14.5. The number of likely N-dealkylation sites (tertiary alicyclic amines) is 1. The van der Waals surface area contributed by atoms with E-state index in [2.05, 4.69) is 9.88 Å². The lowest BCUT2D eigenvalue weighted by Crippen LogP contribution is -2.25. The number of hydrogen-bond donors (Lipinski definition) is 0. The number of rotatable bonds is 4. The van der Waals surface area contributed by atoms with E-state index in [1.807, 2.05) is 51.1 Å². The van der Waals surface area contributed by atoms with Gasteiger partial charge in [-0.05, 0) is 46.7 Å². The number of benzene rings is 1. The third kappa shape index (κ3) is 4.22. The molecule has 0 spiro atoms. The van der Waals surface area contributed by atoms with Crippen LogP contribution < -0.4 is 0 Å². The maximum atomic E-state index is 12.6. The van der Waals surface area contributed by atoms with Gasteiger partial charge in [-0.2, -0.15) is 0 Å². The molecule has 1 fully saturated rings. The summed E-state index contributed by atoms with van der Waals surface area (Å²) in [4.78, 5) is 20.6. The van der Waals surface area contributed by atoms with Crippen LogP contribution in [-0.4, -0.2) is 34.5 Å². The molecule has 1 aromatic heterocycles. The molecule has 0 amide bonds. The first kappa shape index (κ1) is 17.1. The Morgan fingerprint density at radius 2 is 1.88 bits per heavy atom. The van der Waals surface area contributed by atoms with Gasteiger partial charge in [0.15, 0.2) is 5.69 Å². The first-order valence-electron chi connectivity index (χ1n) is 8.43. The van der Waals surface area contributed by atoms with E-state index in [4.69, 9.17) is 4.74 Å². The summed E-state index contributed by atoms with van der Waals surface area (Å²) in [6, 6.07) is 10.0. The topological polar surface area (TPSA) is 42.4 Å². The van der Waals surface area contributed by atoms with Gasteiger partial charge in [-0.3, -0.25) is 4.90 Å². The van der Waals surface area contributed by atoms with Gasteiger partial charge in [0.05, 0.1) is 4.88 Å². The fraction of sp³-hybridized carbons (Fsp3) is 0.474. The second-order valence-corrected chi connectivity index (χ2v) is 8.23. The number of aromatic nitrogens is 1. The van der Waals surface area contributed by atoms with Crippen LogP contribution in [0.3, 0.4) is 0 Å². The molecule has 5 heteroatoms. The Morgan fingerprint density at radius 1 is 1.21 bits per heavy atom. The zero-order valence-corrected chi connectivity index (χ0v) is 15.4. The van der Waals surface area contributed by atoms with Crippen molar-refractivity contribution in [3.05, 3.63) is 40.9 Å². The summed E-state index contributed by atoms with van der Waals surface area (Å²) < 4.78 is 5.56. The Hall–Kier alpha value is -1.72. The average molecular weight is 344 g/mol. The van der Waals surface area contributed by atoms with Crippen LogP contribution in [0.4, 0.5) is 0 Å². The summed E-state index contributed by atoms with van der Waals surface area (Å²) in [6.07, 6.45) is 2.46. The number of carbonyl (C=O) groups is 1. The molecule has 1 aliphatic rings. The van der Waals surface area contributed by atoms with Gasteiger partial charge in [-0.15, -0.1) is 11.3 Å². The van der Waals surface area contributed by atoms with Crippen molar-refractivity contribution >= 4 is 17.3 Å². The van der Waals surface area contributed by atoms with Gasteiger partial charge in [-0.1, -0.05) is 30.3 Å². The normalized spacial score (nSPS) is 15.6. The van der Waals surface area contributed by atoms with E-state index in [0.29, 0.717) is 5.69 Å². The van der Waals surface area contributed by atoms with Crippen LogP contribution in [0, 0.1) is 0 Å². The number of ether oxygens (including phenoxy) is 1. The molecule has 0 saturated carbocycles. The van der Waals surface area contributed by atoms with E-state index in [1.54, 1.807) is 11.3 Å². The van der Waals surface area contributed by atoms with Crippen molar-refractivity contribution < 1.29 is 9.53 Å². The molecular weight excluding hydrogens is 320 g/mol. The molecule has 4 nitrogen and oxygen atoms in total. The standard InChI is InChI=1S/C19H24N2O2S/c1-19(2,3)23-18(22)16-15(13-21-11-7-8-12-21)24-17(20-16)14-9-5-4-6-10-14/h4-6,9-10H,7-8,11-13H2,1-3H3. The minimum Gasteiger partial charge on any atom is -0.455 e. The van der Waals surface area contributed by atoms with Crippen LogP contribution in [0.2, 0.25) is 0 Å². The quantitative estimate of drug-likeness (QED) is 0.773. The third-order valence-electron chi connectivity index (χ3n) is 3.88. The van der Waals surface area contributed by atoms with E-state index in [-0.39, 0.29) is 5.97 Å². The highest BCUT2D eigenvalue weighted by atomic mass is 32.1. The van der Waals surface area contributed by atoms with Crippen molar-refractivity contribution in [2.75, 3.05) is 13.1 Å². The van der Waals surface area contributed by atoms with E-state index in [9.17, 15) is 4.79 Å². The Bertz CT molecular complexity index is 698. The van der Waals surface area contributed by atoms with Crippen molar-refractivity contribution in [1.82, 2.24) is 9.88 Å². The zero-order chi connectivity index (χ0) is 17.2. The Morgan fingerprint density at radius 3 is 2.50 bits per heavy atom. The first-order valence-corrected chi connectivity index (χ1v) is 9.25. The van der Waals surface area contributed by atoms with E-state index in [0.717, 1.165) is 35.1 Å². The highest BCUT2D eigenvalue weighted by molar-refractivity contribution is 7.15. The second-order valence-electron chi connectivity index (χ2n) is 7.14. The minimum atomic E-state index is -0.515. The lowest BCUT2D eigenvalue weighted by Gasteiger charge is -2.19. The number of esters is 1. The molecule has 1 aromatic carbocycles. The van der Waals surface area contributed by atoms with Gasteiger partial charge in [0.25, 0.3) is 0 Å². The lowest BCUT2D eigenvalue weighted by atomic mass is 10.2. The molecule has 2 aromatic rings. The lowest BCUT2D eigenvalue weighted by molar-refractivity contribution is 0.00619. The van der Waals surface area contributed by atoms with Gasteiger partial charge in [0.1, 0.15) is 10.6 Å². The van der Waals surface area contributed by atoms with Crippen LogP contribution in [0.5, 0.6) is 0 Å². The van der Waals surface area contributed by atoms with Crippen molar-refractivity contribution in [2.24, 2.45) is 0 Å². The summed E-state index contributed by atoms with van der Waals surface area (Å²) >= 11 is 1.60. The average Bonchev–Trinajstić information content (AvgIpc) is 3.16. The first-order chi connectivity index (χ1) is 11.4. The SMILES string of the molecule is CC(C)(C)OC(=O)c1nc(-c2ccccc2)sc1CN1CCCC1. The second kappa shape index (κ2) is 7.03. The maximum absolute atomic E-state index is 12.6. The van der Waals surface area contributed by atoms with Gasteiger partial charge in [-0.25, -0.2) is 9.78 Å². The third-order valence-corrected chi connectivity index (χ3v) is 4.97. The molecule has 0 atom stereocenters. The summed E-state index contributed by atoms with van der Waals surface area (Å²) in [7, 11) is 0. The number of nitrogens with zero attached hydrogens (tertiary/aromatic N) is 2. The fourth-order valence-electron chi connectivity index (χ4n) is 2.79. The van der Waals surface area contributed by atoms with Crippen molar-refractivity contribution in [3.63, 3.8) is 0 Å². The molecular formula is C19H24N2O2S. The maximum Gasteiger partial charge on any atom is 0.358 e. The van der Waals surface area contributed by atoms with Crippen molar-refractivity contribution in [3.8, 4) is 10.6 Å². The largest absolute Gasteiger partial charge is 0.455 e. The molecule has 24 heavy (non-hydrogen) atoms. The molecule has 0 aliphatic carbocycles. The van der Waals surface area contributed by atoms with Gasteiger partial charge >= 0.3 is 5.97 Å². The molecule has 0 unspecified atom stereocenters. The molecule has 1 saturated heterocycles. The van der Waals surface area contributed by atoms with Crippen molar-refractivity contribution in [1.29, 1.82) is 0 Å². The van der Waals surface area contributed by atoms with Gasteiger partial charge in [0.2, 0.25) is 0 Å².